The van der Waals surface area contributed by atoms with E-state index in [1.807, 2.05) is 0 Å². The van der Waals surface area contributed by atoms with Crippen molar-refractivity contribution in [3.05, 3.63) is 20.8 Å². The van der Waals surface area contributed by atoms with Gasteiger partial charge in [0.25, 0.3) is 0 Å². The van der Waals surface area contributed by atoms with Crippen LogP contribution >= 0.6 is 27.3 Å². The number of halogens is 1. The van der Waals surface area contributed by atoms with Crippen molar-refractivity contribution in [3.63, 3.8) is 0 Å². The van der Waals surface area contributed by atoms with Gasteiger partial charge in [-0.3, -0.25) is 0 Å². The third-order valence-corrected chi connectivity index (χ3v) is 4.50. The van der Waals surface area contributed by atoms with Gasteiger partial charge in [0.1, 0.15) is 0 Å². The van der Waals surface area contributed by atoms with Crippen molar-refractivity contribution in [2.45, 2.75) is 39.3 Å². The predicted molar refractivity (Wildman–Crippen MR) is 80.7 cm³/mol. The van der Waals surface area contributed by atoms with E-state index in [-0.39, 0.29) is 0 Å². The minimum absolute atomic E-state index is 0.658. The van der Waals surface area contributed by atoms with Crippen molar-refractivity contribution >= 4 is 27.3 Å². The molecule has 4 heteroatoms. The number of thiophene rings is 1. The van der Waals surface area contributed by atoms with Crippen LogP contribution in [-0.4, -0.2) is 31.1 Å². The summed E-state index contributed by atoms with van der Waals surface area (Å²) < 4.78 is 1.22. The highest BCUT2D eigenvalue weighted by molar-refractivity contribution is 9.11. The lowest BCUT2D eigenvalue weighted by atomic mass is 10.2. The van der Waals surface area contributed by atoms with E-state index in [1.165, 1.54) is 28.7 Å². The molecule has 1 rings (SSSR count). The Morgan fingerprint density at radius 3 is 2.76 bits per heavy atom. The Hall–Kier alpha value is 0.100. The van der Waals surface area contributed by atoms with Crippen molar-refractivity contribution in [2.24, 2.45) is 0 Å². The highest BCUT2D eigenvalue weighted by Gasteiger charge is 2.01. The third kappa shape index (κ3) is 6.55. The molecule has 1 aromatic rings. The molecule has 0 spiro atoms. The summed E-state index contributed by atoms with van der Waals surface area (Å²) in [7, 11) is 2.20. The Morgan fingerprint density at radius 2 is 2.18 bits per heavy atom. The first-order valence-corrected chi connectivity index (χ1v) is 7.90. The number of nitrogens with zero attached hydrogens (tertiary/aromatic N) is 1. The summed E-state index contributed by atoms with van der Waals surface area (Å²) >= 11 is 5.23. The number of rotatable bonds is 8. The van der Waals surface area contributed by atoms with E-state index in [1.54, 1.807) is 11.3 Å². The Kier molecular flexibility index (Phi) is 7.35. The topological polar surface area (TPSA) is 15.3 Å². The molecule has 1 N–H and O–H groups in total. The van der Waals surface area contributed by atoms with Gasteiger partial charge in [0.05, 0.1) is 3.79 Å². The van der Waals surface area contributed by atoms with Crippen molar-refractivity contribution in [1.29, 1.82) is 0 Å². The van der Waals surface area contributed by atoms with E-state index >= 15 is 0 Å². The quantitative estimate of drug-likeness (QED) is 0.735. The van der Waals surface area contributed by atoms with Crippen LogP contribution in [0.4, 0.5) is 0 Å². The smallest absolute Gasteiger partial charge is 0.0701 e. The zero-order chi connectivity index (χ0) is 12.7. The standard InChI is InChI=1S/C13H23BrN2S/c1-11(2)16(3)7-5-4-6-15-9-12-8-13(14)17-10-12/h8,10-11,15H,4-7,9H2,1-3H3. The van der Waals surface area contributed by atoms with E-state index < -0.39 is 0 Å². The zero-order valence-corrected chi connectivity index (χ0v) is 13.4. The molecule has 0 aliphatic rings. The molecule has 0 radical (unpaired) electrons. The number of nitrogens with one attached hydrogen (secondary N) is 1. The molecule has 0 saturated heterocycles. The van der Waals surface area contributed by atoms with Gasteiger partial charge in [0.2, 0.25) is 0 Å². The summed E-state index contributed by atoms with van der Waals surface area (Å²) in [5.41, 5.74) is 1.38. The number of hydrogen-bond donors (Lipinski definition) is 1. The molecule has 1 heterocycles. The van der Waals surface area contributed by atoms with Gasteiger partial charge in [0, 0.05) is 12.6 Å². The van der Waals surface area contributed by atoms with Crippen LogP contribution in [0.3, 0.4) is 0 Å². The Labute approximate surface area is 118 Å². The second kappa shape index (κ2) is 8.25. The van der Waals surface area contributed by atoms with Crippen molar-refractivity contribution in [3.8, 4) is 0 Å². The first-order valence-electron chi connectivity index (χ1n) is 6.23. The summed E-state index contributed by atoms with van der Waals surface area (Å²) in [5, 5.41) is 5.68. The van der Waals surface area contributed by atoms with Gasteiger partial charge in [-0.25, -0.2) is 0 Å². The van der Waals surface area contributed by atoms with Gasteiger partial charge in [-0.1, -0.05) is 0 Å². The molecular weight excluding hydrogens is 296 g/mol. The van der Waals surface area contributed by atoms with Crippen LogP contribution in [0.5, 0.6) is 0 Å². The largest absolute Gasteiger partial charge is 0.313 e. The van der Waals surface area contributed by atoms with Gasteiger partial charge < -0.3 is 10.2 Å². The molecule has 0 aliphatic carbocycles. The highest BCUT2D eigenvalue weighted by Crippen LogP contribution is 2.20. The third-order valence-electron chi connectivity index (χ3n) is 2.95. The number of unbranched alkanes of at least 4 members (excludes halogenated alkanes) is 1. The van der Waals surface area contributed by atoms with Crippen LogP contribution in [0.1, 0.15) is 32.3 Å². The number of hydrogen-bond acceptors (Lipinski definition) is 3. The molecule has 0 atom stereocenters. The molecule has 98 valence electrons. The van der Waals surface area contributed by atoms with E-state index in [9.17, 15) is 0 Å². The van der Waals surface area contributed by atoms with Gasteiger partial charge in [-0.15, -0.1) is 11.3 Å². The SMILES string of the molecule is CC(C)N(C)CCCCNCc1csc(Br)c1. The maximum Gasteiger partial charge on any atom is 0.0701 e. The predicted octanol–water partition coefficient (Wildman–Crippen LogP) is 3.72. The van der Waals surface area contributed by atoms with Crippen LogP contribution in [0.15, 0.2) is 15.2 Å². The van der Waals surface area contributed by atoms with Gasteiger partial charge in [-0.2, -0.15) is 0 Å². The van der Waals surface area contributed by atoms with Crippen LogP contribution in [0.2, 0.25) is 0 Å². The minimum atomic E-state index is 0.658. The fourth-order valence-corrected chi connectivity index (χ4v) is 2.75. The highest BCUT2D eigenvalue weighted by atomic mass is 79.9. The van der Waals surface area contributed by atoms with Gasteiger partial charge in [-0.05, 0) is 79.8 Å². The Bertz CT molecular complexity index is 312. The molecule has 0 unspecified atom stereocenters. The molecule has 0 saturated carbocycles. The van der Waals surface area contributed by atoms with E-state index in [2.05, 4.69) is 58.5 Å². The second-order valence-corrected chi connectivity index (χ2v) is 7.01. The summed E-state index contributed by atoms with van der Waals surface area (Å²) in [4.78, 5) is 2.40. The molecule has 0 aromatic carbocycles. The monoisotopic (exact) mass is 318 g/mol. The van der Waals surface area contributed by atoms with E-state index in [0.29, 0.717) is 6.04 Å². The summed E-state index contributed by atoms with van der Waals surface area (Å²) in [6.07, 6.45) is 2.53. The zero-order valence-electron chi connectivity index (χ0n) is 11.0. The molecule has 0 fully saturated rings. The van der Waals surface area contributed by atoms with Gasteiger partial charge >= 0.3 is 0 Å². The normalized spacial score (nSPS) is 11.6. The first-order chi connectivity index (χ1) is 8.09. The lowest BCUT2D eigenvalue weighted by Gasteiger charge is -2.20. The maximum absolute atomic E-state index is 3.49. The molecule has 1 aromatic heterocycles. The van der Waals surface area contributed by atoms with E-state index in [4.69, 9.17) is 0 Å². The van der Waals surface area contributed by atoms with E-state index in [0.717, 1.165) is 13.1 Å². The average Bonchev–Trinajstić information content (AvgIpc) is 2.68. The van der Waals surface area contributed by atoms with Crippen LogP contribution in [0.25, 0.3) is 0 Å². The lowest BCUT2D eigenvalue weighted by molar-refractivity contribution is 0.268. The average molecular weight is 319 g/mol. The molecule has 0 amide bonds. The molecular formula is C13H23BrN2S. The molecule has 0 bridgehead atoms. The van der Waals surface area contributed by atoms with Crippen LogP contribution in [0, 0.1) is 0 Å². The summed E-state index contributed by atoms with van der Waals surface area (Å²) in [6, 6.07) is 2.84. The molecule has 0 aliphatic heterocycles. The summed E-state index contributed by atoms with van der Waals surface area (Å²) in [5.74, 6) is 0. The first kappa shape index (κ1) is 15.2. The minimum Gasteiger partial charge on any atom is -0.313 e. The summed E-state index contributed by atoms with van der Waals surface area (Å²) in [6.45, 7) is 7.78. The van der Waals surface area contributed by atoms with Crippen molar-refractivity contribution < 1.29 is 0 Å². The fourth-order valence-electron chi connectivity index (χ4n) is 1.54. The molecule has 2 nitrogen and oxygen atoms in total. The Morgan fingerprint density at radius 1 is 1.41 bits per heavy atom. The maximum atomic E-state index is 3.49. The Balaban J connectivity index is 1.98. The lowest BCUT2D eigenvalue weighted by Crippen LogP contribution is -2.27. The van der Waals surface area contributed by atoms with Crippen molar-refractivity contribution in [1.82, 2.24) is 10.2 Å². The van der Waals surface area contributed by atoms with Gasteiger partial charge in [0.15, 0.2) is 0 Å². The van der Waals surface area contributed by atoms with Crippen LogP contribution in [-0.2, 0) is 6.54 Å². The van der Waals surface area contributed by atoms with Crippen LogP contribution < -0.4 is 5.32 Å². The fraction of sp³-hybridized carbons (Fsp3) is 0.692. The second-order valence-electron chi connectivity index (χ2n) is 4.72. The van der Waals surface area contributed by atoms with Crippen molar-refractivity contribution in [2.75, 3.05) is 20.1 Å². The molecule has 17 heavy (non-hydrogen) atoms.